The lowest BCUT2D eigenvalue weighted by molar-refractivity contribution is -0.136. The highest BCUT2D eigenvalue weighted by atomic mass is 79.9. The number of fused-ring (bicyclic) bond motifs is 4. The van der Waals surface area contributed by atoms with Gasteiger partial charge in [-0.05, 0) is 88.9 Å². The van der Waals surface area contributed by atoms with Crippen LogP contribution < -0.4 is 23.8 Å². The lowest BCUT2D eigenvalue weighted by atomic mass is 9.77. The number of carbonyl (C=O) groups is 3. The van der Waals surface area contributed by atoms with Crippen molar-refractivity contribution < 1.29 is 33.3 Å². The van der Waals surface area contributed by atoms with Crippen molar-refractivity contribution in [2.24, 2.45) is 4.99 Å². The summed E-state index contributed by atoms with van der Waals surface area (Å²) in [5, 5.41) is 1.61. The highest BCUT2D eigenvalue weighted by Crippen LogP contribution is 2.54. The maximum Gasteiger partial charge on any atom is 0.343 e. The number of hydrogen-bond acceptors (Lipinski definition) is 9. The van der Waals surface area contributed by atoms with E-state index in [0.29, 0.717) is 11.4 Å². The summed E-state index contributed by atoms with van der Waals surface area (Å²) in [6, 6.07) is 21.4. The van der Waals surface area contributed by atoms with Crippen molar-refractivity contribution in [3.05, 3.63) is 83.9 Å². The molecule has 2 aliphatic heterocycles. The minimum atomic E-state index is -0.999. The average molecular weight is 778 g/mol. The third kappa shape index (κ3) is 5.87. The van der Waals surface area contributed by atoms with Crippen LogP contribution in [0.5, 0.6) is 23.0 Å². The van der Waals surface area contributed by atoms with Crippen molar-refractivity contribution in [2.75, 3.05) is 11.9 Å². The van der Waals surface area contributed by atoms with Crippen LogP contribution in [0.25, 0.3) is 10.8 Å². The molecule has 1 atom stereocenters. The number of esters is 3. The number of halogens is 2. The number of para-hydroxylation sites is 1. The van der Waals surface area contributed by atoms with Crippen molar-refractivity contribution in [3.63, 3.8) is 0 Å². The first-order valence-electron chi connectivity index (χ1n) is 15.2. The van der Waals surface area contributed by atoms with E-state index < -0.39 is 37.7 Å². The molecule has 6 rings (SSSR count). The second-order valence-electron chi connectivity index (χ2n) is 13.4. The van der Waals surface area contributed by atoms with Gasteiger partial charge >= 0.3 is 17.9 Å². The summed E-state index contributed by atoms with van der Waals surface area (Å²) in [4.78, 5) is 45.8. The molecule has 11 heteroatoms. The van der Waals surface area contributed by atoms with E-state index in [2.05, 4.69) is 62.7 Å². The summed E-state index contributed by atoms with van der Waals surface area (Å²) >= 11 is 6.56. The van der Waals surface area contributed by atoms with Gasteiger partial charge in [0.2, 0.25) is 5.72 Å². The number of carbonyl (C=O) groups excluding carboxylic acids is 3. The number of benzene rings is 4. The van der Waals surface area contributed by atoms with E-state index >= 15 is 0 Å². The second kappa shape index (κ2) is 11.7. The standard InChI is InChI=1S/C37H34Br2N2O7/c1-34(2)27-10-8-9-11-28(27)41(7)37(34)20-40-30-26-19-23(14-12-21(26)13-15-29(30)48-37)45-31(42)22-16-24(46-32(43)35(3,4)38)18-25(17-22)47-33(44)36(5,6)39/h8-20H,1-7H3. The maximum atomic E-state index is 13.5. The maximum absolute atomic E-state index is 13.5. The van der Waals surface area contributed by atoms with Gasteiger partial charge in [0.05, 0.1) is 17.2 Å². The Morgan fingerprint density at radius 1 is 0.792 bits per heavy atom. The normalized spacial score (nSPS) is 17.8. The lowest BCUT2D eigenvalue weighted by Gasteiger charge is -2.45. The smallest absolute Gasteiger partial charge is 0.343 e. The van der Waals surface area contributed by atoms with Crippen molar-refractivity contribution >= 4 is 78.1 Å². The van der Waals surface area contributed by atoms with Gasteiger partial charge < -0.3 is 23.8 Å². The highest BCUT2D eigenvalue weighted by molar-refractivity contribution is 9.10. The SMILES string of the molecule is CN1c2ccccc2C(C)(C)C12C=Nc1c(ccc3ccc(OC(=O)c4cc(OC(=O)C(C)(C)Br)cc(OC(=O)C(C)(C)Br)c4)cc13)O2. The van der Waals surface area contributed by atoms with Crippen molar-refractivity contribution in [1.82, 2.24) is 0 Å². The topological polar surface area (TPSA) is 104 Å². The Morgan fingerprint density at radius 2 is 1.40 bits per heavy atom. The summed E-state index contributed by atoms with van der Waals surface area (Å²) in [5.74, 6) is -1.09. The van der Waals surface area contributed by atoms with Gasteiger partial charge in [0.1, 0.15) is 37.3 Å². The zero-order chi connectivity index (χ0) is 34.8. The van der Waals surface area contributed by atoms with Crippen LogP contribution in [0.4, 0.5) is 11.4 Å². The van der Waals surface area contributed by atoms with Crippen molar-refractivity contribution in [3.8, 4) is 23.0 Å². The van der Waals surface area contributed by atoms with E-state index in [1.165, 1.54) is 23.8 Å². The quantitative estimate of drug-likeness (QED) is 0.109. The van der Waals surface area contributed by atoms with E-state index in [0.717, 1.165) is 16.5 Å². The molecule has 0 N–H and O–H groups in total. The summed E-state index contributed by atoms with van der Waals surface area (Å²) in [7, 11) is 2.01. The van der Waals surface area contributed by atoms with Crippen LogP contribution in [0.1, 0.15) is 57.5 Å². The minimum Gasteiger partial charge on any atom is -0.459 e. The minimum absolute atomic E-state index is 0.00658. The summed E-state index contributed by atoms with van der Waals surface area (Å²) in [6.07, 6.45) is 1.85. The van der Waals surface area contributed by atoms with Gasteiger partial charge in [-0.1, -0.05) is 62.2 Å². The number of ether oxygens (including phenoxy) is 4. The van der Waals surface area contributed by atoms with E-state index in [4.69, 9.17) is 23.9 Å². The monoisotopic (exact) mass is 776 g/mol. The molecule has 9 nitrogen and oxygen atoms in total. The van der Waals surface area contributed by atoms with Crippen molar-refractivity contribution in [1.29, 1.82) is 0 Å². The Morgan fingerprint density at radius 3 is 2.00 bits per heavy atom. The molecule has 4 aromatic rings. The molecule has 2 aliphatic rings. The van der Waals surface area contributed by atoms with Gasteiger partial charge in [-0.15, -0.1) is 0 Å². The highest BCUT2D eigenvalue weighted by Gasteiger charge is 2.58. The van der Waals surface area contributed by atoms with Gasteiger partial charge in [-0.25, -0.2) is 4.79 Å². The molecular weight excluding hydrogens is 744 g/mol. The lowest BCUT2D eigenvalue weighted by Crippen LogP contribution is -2.61. The molecule has 0 saturated carbocycles. The molecule has 2 heterocycles. The fraction of sp³-hybridized carbons (Fsp3) is 0.297. The fourth-order valence-electron chi connectivity index (χ4n) is 5.85. The molecule has 0 saturated heterocycles. The van der Waals surface area contributed by atoms with E-state index in [-0.39, 0.29) is 22.8 Å². The third-order valence-electron chi connectivity index (χ3n) is 8.61. The largest absolute Gasteiger partial charge is 0.459 e. The number of anilines is 1. The van der Waals surface area contributed by atoms with Crippen LogP contribution in [0.2, 0.25) is 0 Å². The van der Waals surface area contributed by atoms with E-state index in [9.17, 15) is 14.4 Å². The molecule has 0 amide bonds. The average Bonchev–Trinajstić information content (AvgIpc) is 3.17. The zero-order valence-corrected chi connectivity index (χ0v) is 30.7. The molecule has 4 aromatic carbocycles. The molecule has 0 bridgehead atoms. The molecule has 0 aromatic heterocycles. The van der Waals surface area contributed by atoms with E-state index in [1.807, 2.05) is 43.6 Å². The number of alkyl halides is 2. The van der Waals surface area contributed by atoms with Gasteiger partial charge in [0, 0.05) is 24.2 Å². The molecular formula is C37H34Br2N2O7. The number of aliphatic imine (C=N–C) groups is 1. The number of likely N-dealkylation sites (N-methyl/N-ethyl adjacent to an activating group) is 1. The molecule has 0 radical (unpaired) electrons. The Labute approximate surface area is 295 Å². The fourth-order valence-corrected chi connectivity index (χ4v) is 6.01. The zero-order valence-electron chi connectivity index (χ0n) is 27.5. The van der Waals surface area contributed by atoms with Crippen LogP contribution in [0.3, 0.4) is 0 Å². The Hall–Kier alpha value is -4.22. The Balaban J connectivity index is 1.32. The second-order valence-corrected chi connectivity index (χ2v) is 17.3. The summed E-state index contributed by atoms with van der Waals surface area (Å²) in [6.45, 7) is 10.8. The molecule has 248 valence electrons. The summed E-state index contributed by atoms with van der Waals surface area (Å²) < 4.78 is 21.6. The Kier molecular flexibility index (Phi) is 8.23. The van der Waals surface area contributed by atoms with Crippen LogP contribution in [0.15, 0.2) is 77.8 Å². The molecule has 1 unspecified atom stereocenters. The molecule has 0 aliphatic carbocycles. The van der Waals surface area contributed by atoms with Crippen LogP contribution in [-0.4, -0.2) is 45.5 Å². The van der Waals surface area contributed by atoms with Crippen molar-refractivity contribution in [2.45, 2.75) is 61.3 Å². The van der Waals surface area contributed by atoms with Crippen LogP contribution in [0, 0.1) is 0 Å². The molecule has 48 heavy (non-hydrogen) atoms. The van der Waals surface area contributed by atoms with E-state index in [1.54, 1.807) is 39.8 Å². The first-order chi connectivity index (χ1) is 22.4. The number of rotatable bonds is 6. The van der Waals surface area contributed by atoms with Gasteiger partial charge in [0.15, 0.2) is 0 Å². The van der Waals surface area contributed by atoms with Gasteiger partial charge in [0.25, 0.3) is 0 Å². The van der Waals surface area contributed by atoms with Gasteiger partial charge in [-0.2, -0.15) is 0 Å². The predicted octanol–water partition coefficient (Wildman–Crippen LogP) is 8.44. The number of nitrogens with zero attached hydrogens (tertiary/aromatic N) is 2. The molecule has 0 fully saturated rings. The summed E-state index contributed by atoms with van der Waals surface area (Å²) in [5.41, 5.74) is 1.63. The van der Waals surface area contributed by atoms with Crippen LogP contribution >= 0.6 is 31.9 Å². The van der Waals surface area contributed by atoms with Crippen LogP contribution in [-0.2, 0) is 15.0 Å². The first kappa shape index (κ1) is 33.7. The predicted molar refractivity (Wildman–Crippen MR) is 192 cm³/mol. The first-order valence-corrected chi connectivity index (χ1v) is 16.8. The third-order valence-corrected chi connectivity index (χ3v) is 9.26. The Bertz CT molecular complexity index is 1980. The van der Waals surface area contributed by atoms with Gasteiger partial charge in [-0.3, -0.25) is 14.6 Å². The number of hydrogen-bond donors (Lipinski definition) is 0. The molecule has 1 spiro atoms.